The number of hydrogen-bond acceptors (Lipinski definition) is 6. The number of benzene rings is 2. The van der Waals surface area contributed by atoms with Gasteiger partial charge in [-0.25, -0.2) is 17.2 Å². The molecule has 1 heterocycles. The third-order valence-corrected chi connectivity index (χ3v) is 8.25. The van der Waals surface area contributed by atoms with Gasteiger partial charge in [-0.05, 0) is 48.9 Å². The van der Waals surface area contributed by atoms with E-state index in [4.69, 9.17) is 4.74 Å². The molecule has 1 aliphatic rings. The molecule has 1 aliphatic heterocycles. The summed E-state index contributed by atoms with van der Waals surface area (Å²) >= 11 is 0.951. The summed E-state index contributed by atoms with van der Waals surface area (Å²) < 4.78 is 99.4. The molecule has 0 radical (unpaired) electrons. The Hall–Kier alpha value is -2.38. The summed E-state index contributed by atoms with van der Waals surface area (Å²) in [5, 5.41) is 9.95. The van der Waals surface area contributed by atoms with Crippen molar-refractivity contribution in [3.05, 3.63) is 53.8 Å². The van der Waals surface area contributed by atoms with Crippen molar-refractivity contribution in [3.8, 4) is 0 Å². The number of nitrogens with zero attached hydrogens (tertiary/aromatic N) is 1. The molecule has 0 saturated heterocycles. The number of ether oxygens (including phenoxy) is 1. The number of alkyl halides is 4. The number of hydrogen-bond donors (Lipinski definition) is 1. The van der Waals surface area contributed by atoms with Crippen molar-refractivity contribution in [2.45, 2.75) is 41.0 Å². The molecule has 2 aromatic rings. The lowest BCUT2D eigenvalue weighted by atomic mass is 9.94. The van der Waals surface area contributed by atoms with E-state index in [9.17, 15) is 40.3 Å². The van der Waals surface area contributed by atoms with Gasteiger partial charge in [-0.1, -0.05) is 6.07 Å². The molecule has 0 saturated carbocycles. The van der Waals surface area contributed by atoms with Crippen LogP contribution in [0.5, 0.6) is 0 Å². The zero-order valence-electron chi connectivity index (χ0n) is 17.7. The van der Waals surface area contributed by atoms with E-state index in [2.05, 4.69) is 0 Å². The minimum atomic E-state index is -5.32. The van der Waals surface area contributed by atoms with E-state index in [0.29, 0.717) is 0 Å². The third kappa shape index (κ3) is 4.86. The molecule has 2 unspecified atom stereocenters. The van der Waals surface area contributed by atoms with Crippen LogP contribution in [0.3, 0.4) is 0 Å². The molecule has 34 heavy (non-hydrogen) atoms. The van der Waals surface area contributed by atoms with Crippen molar-refractivity contribution in [2.75, 3.05) is 23.3 Å². The largest absolute Gasteiger partial charge is 0.466 e. The topological polar surface area (TPSA) is 83.9 Å². The first-order chi connectivity index (χ1) is 15.8. The fraction of sp³-hybridized carbons (Fsp3) is 0.381. The van der Waals surface area contributed by atoms with Gasteiger partial charge in [-0.3, -0.25) is 9.10 Å². The average molecular weight is 526 g/mol. The van der Waals surface area contributed by atoms with Gasteiger partial charge in [0.1, 0.15) is 12.5 Å². The van der Waals surface area contributed by atoms with Crippen LogP contribution in [0.25, 0.3) is 0 Å². The van der Waals surface area contributed by atoms with Crippen molar-refractivity contribution in [1.82, 2.24) is 0 Å². The number of sulfonamides is 1. The number of aliphatic hydroxyl groups is 1. The first-order valence-corrected chi connectivity index (χ1v) is 12.4. The van der Waals surface area contributed by atoms with Crippen LogP contribution in [-0.2, 0) is 25.2 Å². The summed E-state index contributed by atoms with van der Waals surface area (Å²) in [6, 6.07) is 5.61. The molecule has 0 spiro atoms. The van der Waals surface area contributed by atoms with Gasteiger partial charge in [0, 0.05) is 10.6 Å². The molecular weight excluding hydrogens is 505 g/mol. The monoisotopic (exact) mass is 525 g/mol. The van der Waals surface area contributed by atoms with Crippen LogP contribution < -0.4 is 4.31 Å². The Labute approximate surface area is 196 Å². The Morgan fingerprint density at radius 2 is 1.85 bits per heavy atom. The Balaban J connectivity index is 2.13. The highest BCUT2D eigenvalue weighted by molar-refractivity contribution is 8.00. The summed E-state index contributed by atoms with van der Waals surface area (Å²) in [5.41, 5.74) is -4.64. The lowest BCUT2D eigenvalue weighted by Crippen LogP contribution is -2.46. The minimum Gasteiger partial charge on any atom is -0.466 e. The number of thioether (sulfide) groups is 1. The highest BCUT2D eigenvalue weighted by Gasteiger charge is 2.55. The van der Waals surface area contributed by atoms with E-state index in [-0.39, 0.29) is 34.3 Å². The Morgan fingerprint density at radius 3 is 2.41 bits per heavy atom. The van der Waals surface area contributed by atoms with Crippen LogP contribution in [0.4, 0.5) is 27.6 Å². The van der Waals surface area contributed by atoms with Crippen LogP contribution >= 0.6 is 11.8 Å². The van der Waals surface area contributed by atoms with Crippen LogP contribution in [0, 0.1) is 5.82 Å². The molecule has 0 bridgehead atoms. The lowest BCUT2D eigenvalue weighted by molar-refractivity contribution is -0.271. The fourth-order valence-electron chi connectivity index (χ4n) is 3.44. The highest BCUT2D eigenvalue weighted by Crippen LogP contribution is 2.46. The maximum atomic E-state index is 13.5. The zero-order chi connectivity index (χ0) is 25.3. The van der Waals surface area contributed by atoms with Gasteiger partial charge in [0.15, 0.2) is 0 Å². The van der Waals surface area contributed by atoms with E-state index < -0.39 is 51.9 Å². The molecule has 3 rings (SSSR count). The Bertz CT molecular complexity index is 1160. The number of rotatable bonds is 7. The highest BCUT2D eigenvalue weighted by atomic mass is 32.2. The molecule has 0 fully saturated rings. The van der Waals surface area contributed by atoms with Crippen molar-refractivity contribution in [3.63, 3.8) is 0 Å². The lowest BCUT2D eigenvalue weighted by Gasteiger charge is -2.38. The number of halogens is 5. The van der Waals surface area contributed by atoms with Crippen molar-refractivity contribution in [2.24, 2.45) is 0 Å². The third-order valence-electron chi connectivity index (χ3n) is 5.18. The molecule has 186 valence electrons. The van der Waals surface area contributed by atoms with E-state index in [1.807, 2.05) is 0 Å². The van der Waals surface area contributed by atoms with Crippen molar-refractivity contribution >= 4 is 33.4 Å². The quantitative estimate of drug-likeness (QED) is 0.432. The van der Waals surface area contributed by atoms with Crippen LogP contribution in [0.15, 0.2) is 52.3 Å². The first kappa shape index (κ1) is 26.2. The molecule has 1 N–H and O–H groups in total. The average Bonchev–Trinajstić information content (AvgIpc) is 2.77. The predicted molar refractivity (Wildman–Crippen MR) is 114 cm³/mol. The second-order valence-electron chi connectivity index (χ2n) is 7.40. The van der Waals surface area contributed by atoms with Gasteiger partial charge in [0.2, 0.25) is 5.60 Å². The minimum absolute atomic E-state index is 0.0272. The normalized spacial score (nSPS) is 18.2. The fourth-order valence-corrected chi connectivity index (χ4v) is 6.42. The van der Waals surface area contributed by atoms with Crippen LogP contribution in [0.2, 0.25) is 0 Å². The second-order valence-corrected chi connectivity index (χ2v) is 10.3. The number of carbonyl (C=O) groups is 1. The number of fused-ring (bicyclic) bond motifs is 1. The maximum Gasteiger partial charge on any atom is 0.424 e. The molecule has 0 aromatic heterocycles. The SMILES string of the molecule is CCOC(=O)CC1CSc2cc(C(O)(CF)C(F)(F)F)ccc2N1S(=O)(=O)c1ccc(F)cc1. The molecule has 13 heteroatoms. The van der Waals surface area contributed by atoms with Crippen molar-refractivity contribution in [1.29, 1.82) is 0 Å². The summed E-state index contributed by atoms with van der Waals surface area (Å²) in [6.45, 7) is -0.504. The van der Waals surface area contributed by atoms with Crippen molar-refractivity contribution < 1.29 is 45.0 Å². The summed E-state index contributed by atoms with van der Waals surface area (Å²) in [4.78, 5) is 11.8. The van der Waals surface area contributed by atoms with Crippen LogP contribution in [0.1, 0.15) is 18.9 Å². The number of carbonyl (C=O) groups excluding carboxylic acids is 1. The van der Waals surface area contributed by atoms with Gasteiger partial charge in [0.05, 0.1) is 29.7 Å². The predicted octanol–water partition coefficient (Wildman–Crippen LogP) is 4.17. The van der Waals surface area contributed by atoms with Crippen LogP contribution in [-0.4, -0.2) is 50.7 Å². The molecule has 0 aliphatic carbocycles. The number of esters is 1. The molecule has 2 atom stereocenters. The summed E-state index contributed by atoms with van der Waals surface area (Å²) in [6.07, 6.45) is -5.67. The Kier molecular flexibility index (Phi) is 7.48. The van der Waals surface area contributed by atoms with E-state index in [0.717, 1.165) is 58.5 Å². The maximum absolute atomic E-state index is 13.5. The van der Waals surface area contributed by atoms with Gasteiger partial charge in [-0.15, -0.1) is 11.8 Å². The van der Waals surface area contributed by atoms with Gasteiger partial charge in [-0.2, -0.15) is 13.2 Å². The summed E-state index contributed by atoms with van der Waals surface area (Å²) in [5.74, 6) is -1.41. The number of anilines is 1. The molecule has 2 aromatic carbocycles. The molecule has 0 amide bonds. The van der Waals surface area contributed by atoms with Gasteiger partial charge >= 0.3 is 12.1 Å². The standard InChI is InChI=1S/C21H20F5NO5S2/c1-2-32-19(28)10-15-11-33-18-9-13(20(29,12-22)21(24,25)26)3-8-17(18)27(15)34(30,31)16-6-4-14(23)5-7-16/h3-9,15,29H,2,10-12H2,1H3. The smallest absolute Gasteiger partial charge is 0.424 e. The van der Waals surface area contributed by atoms with Gasteiger partial charge < -0.3 is 9.84 Å². The van der Waals surface area contributed by atoms with E-state index >= 15 is 0 Å². The van der Waals surface area contributed by atoms with E-state index in [1.165, 1.54) is 0 Å². The Morgan fingerprint density at radius 1 is 1.21 bits per heavy atom. The molecule has 6 nitrogen and oxygen atoms in total. The summed E-state index contributed by atoms with van der Waals surface area (Å²) in [7, 11) is -4.40. The van der Waals surface area contributed by atoms with Gasteiger partial charge in [0.25, 0.3) is 10.0 Å². The zero-order valence-corrected chi connectivity index (χ0v) is 19.3. The first-order valence-electron chi connectivity index (χ1n) is 9.93. The van der Waals surface area contributed by atoms with E-state index in [1.54, 1.807) is 6.92 Å². The molecular formula is C21H20F5NO5S2. The second kappa shape index (κ2) is 9.70.